The fourth-order valence-electron chi connectivity index (χ4n) is 11.8. The quantitative estimate of drug-likeness (QED) is 0.152. The van der Waals surface area contributed by atoms with Crippen molar-refractivity contribution in [2.75, 3.05) is 34.7 Å². The fourth-order valence-corrected chi connectivity index (χ4v) is 12.4. The van der Waals surface area contributed by atoms with E-state index in [4.69, 9.17) is 4.74 Å². The summed E-state index contributed by atoms with van der Waals surface area (Å²) in [6, 6.07) is 9.38. The minimum Gasteiger partial charge on any atom is -0.450 e. The van der Waals surface area contributed by atoms with Crippen molar-refractivity contribution in [2.24, 2.45) is 41.4 Å². The van der Waals surface area contributed by atoms with Crippen molar-refractivity contribution in [3.8, 4) is 0 Å². The van der Waals surface area contributed by atoms with E-state index in [1.807, 2.05) is 96.1 Å². The Bertz CT molecular complexity index is 2500. The lowest BCUT2D eigenvalue weighted by molar-refractivity contribution is -0.178. The molecule has 17 nitrogen and oxygen atoms in total. The molecule has 0 bridgehead atoms. The molecule has 0 spiro atoms. The molecule has 4 rings (SSSR count). The summed E-state index contributed by atoms with van der Waals surface area (Å²) in [7, 11) is 5.84. The van der Waals surface area contributed by atoms with Crippen LogP contribution in [-0.2, 0) is 60.7 Å². The standard InChI is InChI=1S/C62H93IN6O11/c1-17-39(9)45-35-49(70)47-28-23-29-69(47)59(76)48(33-42-26-22-27-44(63)31-42)65(13)58(75)46(32-41-24-20-19-21-25-41)64-55(72)52(38(7)8)67(15)60(77)53(40(10)18-2)80-61(78)54(62(11,12)79)68(16)56(73)43(30-36(3)4)34-50(71)51(37(5)6)66(14)57(45)74/h19-22,24-27,31,36-40,43,45-48,51-54,79H,17-18,23,28-30,32-35H2,1-16H3,(H,64,72)/t39?,40?,43-,45+,46+,47+,48+,51+,52+,53-,54-/m1/s1. The minimum absolute atomic E-state index is 0.00560. The molecule has 2 aliphatic rings. The highest BCUT2D eigenvalue weighted by Gasteiger charge is 2.48. The number of amides is 6. The van der Waals surface area contributed by atoms with Crippen LogP contribution in [0.15, 0.2) is 54.6 Å². The summed E-state index contributed by atoms with van der Waals surface area (Å²) in [6.07, 6.45) is -0.0458. The van der Waals surface area contributed by atoms with Gasteiger partial charge in [-0.3, -0.25) is 38.4 Å². The fraction of sp³-hybridized carbons (Fsp3) is 0.661. The van der Waals surface area contributed by atoms with Crippen molar-refractivity contribution >= 4 is 75.6 Å². The predicted molar refractivity (Wildman–Crippen MR) is 316 cm³/mol. The third kappa shape index (κ3) is 16.9. The van der Waals surface area contributed by atoms with Gasteiger partial charge in [0.15, 0.2) is 23.7 Å². The van der Waals surface area contributed by atoms with Crippen LogP contribution in [0.5, 0.6) is 0 Å². The monoisotopic (exact) mass is 1220 g/mol. The van der Waals surface area contributed by atoms with E-state index in [1.54, 1.807) is 34.7 Å². The van der Waals surface area contributed by atoms with Gasteiger partial charge in [-0.2, -0.15) is 0 Å². The highest BCUT2D eigenvalue weighted by atomic mass is 127. The molecule has 0 aliphatic carbocycles. The molecule has 2 unspecified atom stereocenters. The molecule has 444 valence electrons. The van der Waals surface area contributed by atoms with Gasteiger partial charge in [0.25, 0.3) is 5.91 Å². The van der Waals surface area contributed by atoms with Crippen LogP contribution in [0.25, 0.3) is 0 Å². The van der Waals surface area contributed by atoms with Gasteiger partial charge in [-0.05, 0) is 109 Å². The van der Waals surface area contributed by atoms with Gasteiger partial charge in [-0.15, -0.1) is 0 Å². The third-order valence-corrected chi connectivity index (χ3v) is 17.2. The van der Waals surface area contributed by atoms with E-state index in [0.717, 1.165) is 14.0 Å². The first-order valence-electron chi connectivity index (χ1n) is 28.8. The minimum atomic E-state index is -1.94. The summed E-state index contributed by atoms with van der Waals surface area (Å²) in [6.45, 7) is 21.1. The van der Waals surface area contributed by atoms with Crippen molar-refractivity contribution in [3.05, 3.63) is 69.3 Å². The summed E-state index contributed by atoms with van der Waals surface area (Å²) in [5.74, 6) is -9.27. The average molecular weight is 1230 g/mol. The topological polar surface area (TPSA) is 211 Å². The zero-order valence-corrected chi connectivity index (χ0v) is 52.7. The van der Waals surface area contributed by atoms with Gasteiger partial charge < -0.3 is 39.7 Å². The number of nitrogens with zero attached hydrogens (tertiary/aromatic N) is 5. The van der Waals surface area contributed by atoms with Gasteiger partial charge in [0, 0.05) is 81.7 Å². The number of hydrogen-bond donors (Lipinski definition) is 2. The summed E-state index contributed by atoms with van der Waals surface area (Å²) < 4.78 is 7.03. The molecule has 2 aromatic rings. The number of ketones is 2. The first kappa shape index (κ1) is 67.3. The second-order valence-corrected chi connectivity index (χ2v) is 25.7. The van der Waals surface area contributed by atoms with E-state index >= 15 is 9.59 Å². The number of halogens is 1. The van der Waals surface area contributed by atoms with Crippen LogP contribution in [0, 0.1) is 45.0 Å². The Labute approximate surface area is 490 Å². The Balaban J connectivity index is 1.99. The van der Waals surface area contributed by atoms with E-state index in [9.17, 15) is 38.7 Å². The number of fused-ring (bicyclic) bond motifs is 1. The van der Waals surface area contributed by atoms with Gasteiger partial charge in [-0.25, -0.2) is 4.79 Å². The average Bonchev–Trinajstić information content (AvgIpc) is 3.90. The van der Waals surface area contributed by atoms with Crippen LogP contribution in [0.1, 0.15) is 139 Å². The Hall–Kier alpha value is -5.24. The Morgan fingerprint density at radius 3 is 1.80 bits per heavy atom. The van der Waals surface area contributed by atoms with Crippen LogP contribution in [-0.4, -0.2) is 165 Å². The zero-order chi connectivity index (χ0) is 60.2. The van der Waals surface area contributed by atoms with E-state index in [1.165, 1.54) is 54.6 Å². The van der Waals surface area contributed by atoms with Crippen molar-refractivity contribution in [3.63, 3.8) is 0 Å². The molecular weight excluding hydrogens is 1130 g/mol. The lowest BCUT2D eigenvalue weighted by Gasteiger charge is -2.39. The molecule has 80 heavy (non-hydrogen) atoms. The number of rotatable bonds is 13. The summed E-state index contributed by atoms with van der Waals surface area (Å²) in [4.78, 5) is 142. The van der Waals surface area contributed by atoms with Crippen molar-refractivity contribution in [1.82, 2.24) is 29.8 Å². The Morgan fingerprint density at radius 1 is 0.662 bits per heavy atom. The second-order valence-electron chi connectivity index (χ2n) is 24.4. The van der Waals surface area contributed by atoms with E-state index in [-0.39, 0.29) is 56.3 Å². The number of nitrogens with one attached hydrogen (secondary N) is 1. The van der Waals surface area contributed by atoms with E-state index in [2.05, 4.69) is 27.9 Å². The number of benzene rings is 2. The number of aliphatic hydroxyl groups is 1. The van der Waals surface area contributed by atoms with Gasteiger partial charge in [0.1, 0.15) is 18.1 Å². The maximum Gasteiger partial charge on any atom is 0.332 e. The molecule has 2 aromatic carbocycles. The number of esters is 1. The second kappa shape index (κ2) is 29.7. The number of carbonyl (C=O) groups is 9. The smallest absolute Gasteiger partial charge is 0.332 e. The lowest BCUT2D eigenvalue weighted by atomic mass is 9.82. The molecule has 18 heteroatoms. The Morgan fingerprint density at radius 2 is 1.25 bits per heavy atom. The Kier molecular flexibility index (Phi) is 24.9. The van der Waals surface area contributed by atoms with Gasteiger partial charge in [0.05, 0.1) is 17.7 Å². The van der Waals surface area contributed by atoms with Gasteiger partial charge >= 0.3 is 5.97 Å². The maximum absolute atomic E-state index is 15.4. The molecule has 11 atom stereocenters. The normalized spacial score (nSPS) is 26.5. The SMILES string of the molecule is CCC(C)[C@@H]1CC(=O)[C@@H]2CCCN2C(=O)[C@H](Cc2cccc(I)c2)N(C)C(=O)[C@H](Cc2ccccc2)NC(=O)[C@H](C(C)C)N(C)C(=O)[C@@H](C(C)CC)OC(=O)[C@H](C(C)(C)O)N(C)C(=O)[C@H](CC(C)C)CC(=O)[C@H](C(C)C)N(C)C1=O. The highest BCUT2D eigenvalue weighted by molar-refractivity contribution is 14.1. The van der Waals surface area contributed by atoms with E-state index < -0.39 is 125 Å². The number of cyclic esters (lactones) is 1. The van der Waals surface area contributed by atoms with Crippen LogP contribution in [0.4, 0.5) is 0 Å². The number of hydrogen-bond acceptors (Lipinski definition) is 11. The molecule has 2 aliphatic heterocycles. The third-order valence-electron chi connectivity index (χ3n) is 16.5. The first-order valence-corrected chi connectivity index (χ1v) is 29.9. The van der Waals surface area contributed by atoms with Gasteiger partial charge in [-0.1, -0.05) is 118 Å². The molecule has 2 saturated heterocycles. The molecule has 0 aromatic heterocycles. The number of ether oxygens (including phenoxy) is 1. The number of carbonyl (C=O) groups excluding carboxylic acids is 9. The molecule has 6 amide bonds. The van der Waals surface area contributed by atoms with Crippen LogP contribution in [0.3, 0.4) is 0 Å². The zero-order valence-electron chi connectivity index (χ0n) is 50.5. The molecule has 2 fully saturated rings. The summed E-state index contributed by atoms with van der Waals surface area (Å²) >= 11 is 2.19. The van der Waals surface area contributed by atoms with Gasteiger partial charge in [0.2, 0.25) is 29.5 Å². The number of likely N-dealkylation sites (N-methyl/N-ethyl adjacent to an activating group) is 4. The van der Waals surface area contributed by atoms with Crippen molar-refractivity contribution < 1.29 is 53.0 Å². The molecule has 0 saturated carbocycles. The summed E-state index contributed by atoms with van der Waals surface area (Å²) in [5.41, 5.74) is -0.477. The van der Waals surface area contributed by atoms with Crippen molar-refractivity contribution in [2.45, 2.75) is 189 Å². The number of Topliss-reactive ketones (excluding diaryl/α,β-unsaturated/α-hetero) is 2. The van der Waals surface area contributed by atoms with Crippen LogP contribution in [0.2, 0.25) is 0 Å². The first-order chi connectivity index (χ1) is 37.4. The maximum atomic E-state index is 15.4. The lowest BCUT2D eigenvalue weighted by Crippen LogP contribution is -2.61. The molecular formula is C62H93IN6O11. The molecule has 2 N–H and O–H groups in total. The summed E-state index contributed by atoms with van der Waals surface area (Å²) in [5, 5.41) is 14.7. The molecule has 0 radical (unpaired) electrons. The highest BCUT2D eigenvalue weighted by Crippen LogP contribution is 2.32. The molecule has 2 heterocycles. The van der Waals surface area contributed by atoms with Crippen LogP contribution >= 0.6 is 22.6 Å². The largest absolute Gasteiger partial charge is 0.450 e. The van der Waals surface area contributed by atoms with Crippen LogP contribution < -0.4 is 5.32 Å². The van der Waals surface area contributed by atoms with Crippen molar-refractivity contribution in [1.29, 1.82) is 0 Å². The van der Waals surface area contributed by atoms with E-state index in [0.29, 0.717) is 31.2 Å². The predicted octanol–water partition coefficient (Wildman–Crippen LogP) is 7.16.